The number of rotatable bonds is 6. The average molecular weight is 411 g/mol. The Hall–Kier alpha value is -4.59. The summed E-state index contributed by atoms with van der Waals surface area (Å²) in [7, 11) is 0. The first kappa shape index (κ1) is 19.7. The summed E-state index contributed by atoms with van der Waals surface area (Å²) in [4.78, 5) is 23.5. The van der Waals surface area contributed by atoms with Crippen LogP contribution in [0.5, 0.6) is 0 Å². The molecule has 0 saturated heterocycles. The number of nitro benzene ring substituents is 1. The molecule has 0 fully saturated rings. The minimum atomic E-state index is -0.483. The van der Waals surface area contributed by atoms with Gasteiger partial charge in [-0.15, -0.1) is 5.10 Å². The van der Waals surface area contributed by atoms with E-state index in [1.807, 2.05) is 48.5 Å². The lowest BCUT2D eigenvalue weighted by atomic mass is 10.0. The first-order valence-electron chi connectivity index (χ1n) is 9.41. The van der Waals surface area contributed by atoms with Crippen LogP contribution in [-0.2, 0) is 4.79 Å². The minimum absolute atomic E-state index is 0.0541. The van der Waals surface area contributed by atoms with Crippen LogP contribution in [0.3, 0.4) is 0 Å². The smallest absolute Gasteiger partial charge is 0.269 e. The van der Waals surface area contributed by atoms with E-state index >= 15 is 0 Å². The number of carbonyl (C=O) groups excluding carboxylic acids is 1. The van der Waals surface area contributed by atoms with Crippen LogP contribution in [0.2, 0.25) is 0 Å². The molecule has 1 aromatic heterocycles. The molecule has 0 unspecified atom stereocenters. The second-order valence-corrected chi connectivity index (χ2v) is 6.61. The van der Waals surface area contributed by atoms with Crippen molar-refractivity contribution in [2.45, 2.75) is 0 Å². The SMILES string of the molecule is O=C(Nc1ccccc1)/C(=C/c1cn(-c2ccccc2)nn1)c1ccc([N+](=O)[O-])cc1. The van der Waals surface area contributed by atoms with Crippen LogP contribution in [0.25, 0.3) is 17.3 Å². The third kappa shape index (κ3) is 4.70. The van der Waals surface area contributed by atoms with E-state index in [4.69, 9.17) is 0 Å². The number of anilines is 1. The van der Waals surface area contributed by atoms with Gasteiger partial charge in [0.1, 0.15) is 5.69 Å². The third-order valence-electron chi connectivity index (χ3n) is 4.49. The van der Waals surface area contributed by atoms with Gasteiger partial charge < -0.3 is 5.32 Å². The van der Waals surface area contributed by atoms with Crippen LogP contribution < -0.4 is 5.32 Å². The van der Waals surface area contributed by atoms with E-state index in [0.29, 0.717) is 22.5 Å². The Morgan fingerprint density at radius 1 is 0.935 bits per heavy atom. The van der Waals surface area contributed by atoms with E-state index in [1.54, 1.807) is 29.1 Å². The lowest BCUT2D eigenvalue weighted by Gasteiger charge is -2.09. The highest BCUT2D eigenvalue weighted by Gasteiger charge is 2.15. The van der Waals surface area contributed by atoms with Gasteiger partial charge in [-0.3, -0.25) is 14.9 Å². The fourth-order valence-electron chi connectivity index (χ4n) is 2.96. The first-order valence-corrected chi connectivity index (χ1v) is 9.41. The summed E-state index contributed by atoms with van der Waals surface area (Å²) in [6, 6.07) is 24.3. The molecule has 0 bridgehead atoms. The summed E-state index contributed by atoms with van der Waals surface area (Å²) < 4.78 is 1.61. The van der Waals surface area contributed by atoms with Crippen molar-refractivity contribution in [3.8, 4) is 5.69 Å². The number of hydrogen-bond donors (Lipinski definition) is 1. The highest BCUT2D eigenvalue weighted by atomic mass is 16.6. The van der Waals surface area contributed by atoms with Crippen molar-refractivity contribution in [2.24, 2.45) is 0 Å². The molecule has 1 amide bonds. The number of non-ortho nitro benzene ring substituents is 1. The number of nitrogens with zero attached hydrogens (tertiary/aromatic N) is 4. The van der Waals surface area contributed by atoms with Crippen molar-refractivity contribution < 1.29 is 9.72 Å². The standard InChI is InChI=1S/C23H17N5O3/c29-23(24-18-7-3-1-4-8-18)22(17-11-13-21(14-12-17)28(30)31)15-19-16-27(26-25-19)20-9-5-2-6-10-20/h1-16H,(H,24,29)/b22-15+. The Kier molecular flexibility index (Phi) is 5.62. The quantitative estimate of drug-likeness (QED) is 0.289. The summed E-state index contributed by atoms with van der Waals surface area (Å²) in [5, 5.41) is 22.1. The predicted molar refractivity (Wildman–Crippen MR) is 117 cm³/mol. The summed E-state index contributed by atoms with van der Waals surface area (Å²) in [5.41, 5.74) is 2.71. The van der Waals surface area contributed by atoms with E-state index < -0.39 is 4.92 Å². The molecule has 31 heavy (non-hydrogen) atoms. The number of amides is 1. The fourth-order valence-corrected chi connectivity index (χ4v) is 2.96. The number of carbonyl (C=O) groups is 1. The zero-order valence-corrected chi connectivity index (χ0v) is 16.3. The summed E-state index contributed by atoms with van der Waals surface area (Å²) >= 11 is 0. The molecule has 8 nitrogen and oxygen atoms in total. The second-order valence-electron chi connectivity index (χ2n) is 6.61. The topological polar surface area (TPSA) is 103 Å². The van der Waals surface area contributed by atoms with Gasteiger partial charge in [0.25, 0.3) is 11.6 Å². The van der Waals surface area contributed by atoms with Gasteiger partial charge in [-0.05, 0) is 48.0 Å². The molecule has 1 heterocycles. The van der Waals surface area contributed by atoms with Gasteiger partial charge in [0.05, 0.1) is 16.8 Å². The Morgan fingerprint density at radius 3 is 2.23 bits per heavy atom. The minimum Gasteiger partial charge on any atom is -0.322 e. The maximum atomic E-state index is 13.0. The highest BCUT2D eigenvalue weighted by molar-refractivity contribution is 6.29. The van der Waals surface area contributed by atoms with E-state index in [1.165, 1.54) is 24.3 Å². The van der Waals surface area contributed by atoms with Gasteiger partial charge in [0, 0.05) is 23.4 Å². The van der Waals surface area contributed by atoms with Crippen molar-refractivity contribution in [2.75, 3.05) is 5.32 Å². The largest absolute Gasteiger partial charge is 0.322 e. The van der Waals surface area contributed by atoms with Crippen LogP contribution in [-0.4, -0.2) is 25.8 Å². The highest BCUT2D eigenvalue weighted by Crippen LogP contribution is 2.23. The van der Waals surface area contributed by atoms with Crippen LogP contribution in [0.4, 0.5) is 11.4 Å². The molecule has 0 aliphatic heterocycles. The van der Waals surface area contributed by atoms with Gasteiger partial charge in [0.2, 0.25) is 0 Å². The Balaban J connectivity index is 1.70. The molecule has 0 aliphatic rings. The molecular formula is C23H17N5O3. The molecular weight excluding hydrogens is 394 g/mol. The summed E-state index contributed by atoms with van der Waals surface area (Å²) in [6.07, 6.45) is 3.31. The van der Waals surface area contributed by atoms with Gasteiger partial charge in [-0.1, -0.05) is 41.6 Å². The zero-order chi connectivity index (χ0) is 21.6. The Labute approximate surface area is 177 Å². The van der Waals surface area contributed by atoms with Crippen molar-refractivity contribution in [3.63, 3.8) is 0 Å². The van der Waals surface area contributed by atoms with Gasteiger partial charge in [-0.2, -0.15) is 0 Å². The molecule has 4 aromatic rings. The van der Waals surface area contributed by atoms with E-state index in [0.717, 1.165) is 5.69 Å². The molecule has 0 radical (unpaired) electrons. The molecule has 152 valence electrons. The van der Waals surface area contributed by atoms with E-state index in [2.05, 4.69) is 15.6 Å². The van der Waals surface area contributed by atoms with Crippen LogP contribution in [0.15, 0.2) is 91.1 Å². The number of hydrogen-bond acceptors (Lipinski definition) is 5. The molecule has 0 aliphatic carbocycles. The number of benzene rings is 3. The monoisotopic (exact) mass is 411 g/mol. The average Bonchev–Trinajstić information content (AvgIpc) is 3.27. The Morgan fingerprint density at radius 2 is 1.58 bits per heavy atom. The lowest BCUT2D eigenvalue weighted by molar-refractivity contribution is -0.384. The van der Waals surface area contributed by atoms with E-state index in [-0.39, 0.29) is 11.6 Å². The number of nitrogens with one attached hydrogen (secondary N) is 1. The number of aromatic nitrogens is 3. The normalized spacial score (nSPS) is 11.2. The molecule has 0 atom stereocenters. The fraction of sp³-hybridized carbons (Fsp3) is 0. The lowest BCUT2D eigenvalue weighted by Crippen LogP contribution is -2.13. The van der Waals surface area contributed by atoms with Crippen LogP contribution >= 0.6 is 0 Å². The zero-order valence-electron chi connectivity index (χ0n) is 16.3. The maximum absolute atomic E-state index is 13.0. The van der Waals surface area contributed by atoms with Crippen molar-refractivity contribution in [1.29, 1.82) is 0 Å². The van der Waals surface area contributed by atoms with E-state index in [9.17, 15) is 14.9 Å². The molecule has 3 aromatic carbocycles. The van der Waals surface area contributed by atoms with Gasteiger partial charge >= 0.3 is 0 Å². The van der Waals surface area contributed by atoms with Crippen LogP contribution in [0.1, 0.15) is 11.3 Å². The number of nitro groups is 1. The molecule has 1 N–H and O–H groups in total. The van der Waals surface area contributed by atoms with Gasteiger partial charge in [0.15, 0.2) is 0 Å². The molecule has 0 spiro atoms. The first-order chi connectivity index (χ1) is 15.1. The summed E-state index contributed by atoms with van der Waals surface area (Å²) in [5.74, 6) is -0.366. The predicted octanol–water partition coefficient (Wildman–Crippen LogP) is 4.35. The molecule has 4 rings (SSSR count). The van der Waals surface area contributed by atoms with Crippen LogP contribution in [0, 0.1) is 10.1 Å². The van der Waals surface area contributed by atoms with Crippen molar-refractivity contribution >= 4 is 28.9 Å². The Bertz CT molecular complexity index is 1230. The maximum Gasteiger partial charge on any atom is 0.269 e. The molecule has 8 heteroatoms. The van der Waals surface area contributed by atoms with Gasteiger partial charge in [-0.25, -0.2) is 4.68 Å². The summed E-state index contributed by atoms with van der Waals surface area (Å²) in [6.45, 7) is 0. The molecule has 0 saturated carbocycles. The second kappa shape index (κ2) is 8.83. The van der Waals surface area contributed by atoms with Crippen molar-refractivity contribution in [1.82, 2.24) is 15.0 Å². The number of para-hydroxylation sites is 2. The van der Waals surface area contributed by atoms with Crippen molar-refractivity contribution in [3.05, 3.63) is 112 Å². The third-order valence-corrected chi connectivity index (χ3v) is 4.49.